The molecule has 0 amide bonds. The number of rotatable bonds is 7. The van der Waals surface area contributed by atoms with Crippen molar-refractivity contribution in [2.45, 2.75) is 58.0 Å². The summed E-state index contributed by atoms with van der Waals surface area (Å²) in [4.78, 5) is 0. The van der Waals surface area contributed by atoms with Crippen LogP contribution < -0.4 is 0 Å². The lowest BCUT2D eigenvalue weighted by atomic mass is 10.1. The average molecular weight is 236 g/mol. The van der Waals surface area contributed by atoms with E-state index in [9.17, 15) is 8.42 Å². The molecule has 1 fully saturated rings. The summed E-state index contributed by atoms with van der Waals surface area (Å²) in [5.74, 6) is 0. The van der Waals surface area contributed by atoms with Gasteiger partial charge in [-0.2, -0.15) is 8.42 Å². The quantitative estimate of drug-likeness (QED) is 0.637. The molecule has 1 saturated heterocycles. The number of hydrogen-bond acceptors (Lipinski definition) is 4. The van der Waals surface area contributed by atoms with E-state index in [2.05, 4.69) is 11.1 Å². The number of hydrogen-bond donors (Lipinski definition) is 0. The van der Waals surface area contributed by atoms with Crippen molar-refractivity contribution in [3.63, 3.8) is 0 Å². The maximum atomic E-state index is 10.8. The van der Waals surface area contributed by atoms with E-state index >= 15 is 0 Å². The average Bonchev–Trinajstić information content (AvgIpc) is 2.52. The van der Waals surface area contributed by atoms with Crippen LogP contribution in [0.4, 0.5) is 0 Å². The van der Waals surface area contributed by atoms with E-state index in [1.807, 2.05) is 0 Å². The van der Waals surface area contributed by atoms with Gasteiger partial charge in [0.15, 0.2) is 0 Å². The molecular weight excluding hydrogens is 216 g/mol. The van der Waals surface area contributed by atoms with Gasteiger partial charge in [-0.15, -0.1) is 0 Å². The van der Waals surface area contributed by atoms with E-state index in [-0.39, 0.29) is 12.7 Å². The second-order valence-electron chi connectivity index (χ2n) is 3.97. The second kappa shape index (κ2) is 6.45. The standard InChI is InChI=1S/C10H20O4S/c1-2-3-4-5-6-7-8-10-9-13-15(11,12)14-10/h10H,2-9H2,1H3. The van der Waals surface area contributed by atoms with Gasteiger partial charge in [-0.3, -0.25) is 0 Å². The third-order valence-electron chi connectivity index (χ3n) is 2.53. The van der Waals surface area contributed by atoms with Gasteiger partial charge in [0.25, 0.3) is 0 Å². The summed E-state index contributed by atoms with van der Waals surface area (Å²) in [5.41, 5.74) is 0. The molecule has 1 aliphatic heterocycles. The Balaban J connectivity index is 1.97. The highest BCUT2D eigenvalue weighted by Gasteiger charge is 2.29. The third-order valence-corrected chi connectivity index (χ3v) is 3.46. The third kappa shape index (κ3) is 5.49. The predicted octanol–water partition coefficient (Wildman–Crippen LogP) is 2.40. The van der Waals surface area contributed by atoms with Crippen molar-refractivity contribution >= 4 is 10.4 Å². The van der Waals surface area contributed by atoms with Crippen molar-refractivity contribution in [1.29, 1.82) is 0 Å². The first kappa shape index (κ1) is 12.9. The molecule has 0 bridgehead atoms. The summed E-state index contributed by atoms with van der Waals surface area (Å²) < 4.78 is 30.8. The molecule has 0 radical (unpaired) electrons. The first-order chi connectivity index (χ1) is 7.14. The van der Waals surface area contributed by atoms with E-state index in [0.717, 1.165) is 19.3 Å². The van der Waals surface area contributed by atoms with E-state index in [4.69, 9.17) is 4.18 Å². The van der Waals surface area contributed by atoms with Gasteiger partial charge in [-0.1, -0.05) is 45.4 Å². The topological polar surface area (TPSA) is 52.6 Å². The Kier molecular flexibility index (Phi) is 5.56. The Morgan fingerprint density at radius 3 is 2.40 bits per heavy atom. The fourth-order valence-electron chi connectivity index (χ4n) is 1.67. The molecule has 0 aromatic rings. The molecule has 0 aliphatic carbocycles. The lowest BCUT2D eigenvalue weighted by Crippen LogP contribution is -2.09. The second-order valence-corrected chi connectivity index (χ2v) is 5.21. The summed E-state index contributed by atoms with van der Waals surface area (Å²) in [7, 11) is -3.65. The minimum atomic E-state index is -3.65. The van der Waals surface area contributed by atoms with E-state index in [1.54, 1.807) is 0 Å². The van der Waals surface area contributed by atoms with Crippen LogP contribution in [0, 0.1) is 0 Å². The molecule has 0 aromatic carbocycles. The summed E-state index contributed by atoms with van der Waals surface area (Å²) in [6, 6.07) is 0. The summed E-state index contributed by atoms with van der Waals surface area (Å²) in [5, 5.41) is 0. The van der Waals surface area contributed by atoms with Gasteiger partial charge in [0.1, 0.15) is 6.10 Å². The zero-order valence-electron chi connectivity index (χ0n) is 9.28. The van der Waals surface area contributed by atoms with Gasteiger partial charge >= 0.3 is 10.4 Å². The largest absolute Gasteiger partial charge is 0.400 e. The van der Waals surface area contributed by atoms with Crippen LogP contribution in [-0.2, 0) is 18.8 Å². The highest BCUT2D eigenvalue weighted by Crippen LogP contribution is 2.18. The lowest BCUT2D eigenvalue weighted by Gasteiger charge is -2.04. The monoisotopic (exact) mass is 236 g/mol. The van der Waals surface area contributed by atoms with Crippen LogP contribution in [0.25, 0.3) is 0 Å². The SMILES string of the molecule is CCCCCCCCC1COS(=O)(=O)O1. The van der Waals surface area contributed by atoms with Gasteiger partial charge in [-0.05, 0) is 6.42 Å². The van der Waals surface area contributed by atoms with Gasteiger partial charge < -0.3 is 0 Å². The van der Waals surface area contributed by atoms with Crippen molar-refractivity contribution < 1.29 is 16.8 Å². The molecule has 0 N–H and O–H groups in total. The molecule has 1 atom stereocenters. The number of unbranched alkanes of at least 4 members (excludes halogenated alkanes) is 5. The van der Waals surface area contributed by atoms with Crippen molar-refractivity contribution in [3.8, 4) is 0 Å². The van der Waals surface area contributed by atoms with Crippen LogP contribution in [0.15, 0.2) is 0 Å². The maximum absolute atomic E-state index is 10.8. The highest BCUT2D eigenvalue weighted by molar-refractivity contribution is 7.82. The fraction of sp³-hybridized carbons (Fsp3) is 1.00. The molecule has 1 rings (SSSR count). The van der Waals surface area contributed by atoms with Crippen LogP contribution in [-0.4, -0.2) is 21.1 Å². The van der Waals surface area contributed by atoms with E-state index in [0.29, 0.717) is 0 Å². The fourth-order valence-corrected chi connectivity index (χ4v) is 2.52. The van der Waals surface area contributed by atoms with Crippen LogP contribution in [0.3, 0.4) is 0 Å². The van der Waals surface area contributed by atoms with Gasteiger partial charge in [0, 0.05) is 0 Å². The molecule has 0 spiro atoms. The molecule has 1 aliphatic rings. The highest BCUT2D eigenvalue weighted by atomic mass is 32.3. The van der Waals surface area contributed by atoms with Gasteiger partial charge in [0.2, 0.25) is 0 Å². The normalized spacial score (nSPS) is 24.5. The molecule has 5 heteroatoms. The summed E-state index contributed by atoms with van der Waals surface area (Å²) >= 11 is 0. The van der Waals surface area contributed by atoms with Crippen LogP contribution in [0.1, 0.15) is 51.9 Å². The van der Waals surface area contributed by atoms with Crippen molar-refractivity contribution in [2.75, 3.05) is 6.61 Å². The van der Waals surface area contributed by atoms with Crippen LogP contribution >= 0.6 is 0 Å². The Morgan fingerprint density at radius 1 is 1.13 bits per heavy atom. The summed E-state index contributed by atoms with van der Waals surface area (Å²) in [6.45, 7) is 2.38. The first-order valence-corrected chi connectivity index (χ1v) is 7.05. The molecule has 4 nitrogen and oxygen atoms in total. The van der Waals surface area contributed by atoms with E-state index in [1.165, 1.54) is 25.7 Å². The molecular formula is C10H20O4S. The molecule has 15 heavy (non-hydrogen) atoms. The Hall–Kier alpha value is -0.130. The van der Waals surface area contributed by atoms with Gasteiger partial charge in [-0.25, -0.2) is 8.37 Å². The smallest absolute Gasteiger partial charge is 0.245 e. The Labute approximate surface area is 92.3 Å². The van der Waals surface area contributed by atoms with Crippen molar-refractivity contribution in [2.24, 2.45) is 0 Å². The maximum Gasteiger partial charge on any atom is 0.400 e. The van der Waals surface area contributed by atoms with Crippen molar-refractivity contribution in [3.05, 3.63) is 0 Å². The molecule has 1 heterocycles. The minimum Gasteiger partial charge on any atom is -0.245 e. The van der Waals surface area contributed by atoms with Crippen LogP contribution in [0.5, 0.6) is 0 Å². The van der Waals surface area contributed by atoms with Crippen LogP contribution in [0.2, 0.25) is 0 Å². The van der Waals surface area contributed by atoms with Crippen molar-refractivity contribution in [1.82, 2.24) is 0 Å². The van der Waals surface area contributed by atoms with E-state index < -0.39 is 10.4 Å². The first-order valence-electron chi connectivity index (χ1n) is 5.71. The molecule has 0 aromatic heterocycles. The molecule has 90 valence electrons. The zero-order valence-corrected chi connectivity index (χ0v) is 10.1. The minimum absolute atomic E-state index is 0.192. The molecule has 1 unspecified atom stereocenters. The summed E-state index contributed by atoms with van der Waals surface area (Å²) in [6.07, 6.45) is 7.75. The zero-order chi connectivity index (χ0) is 11.1. The molecule has 0 saturated carbocycles. The Morgan fingerprint density at radius 2 is 1.80 bits per heavy atom. The lowest BCUT2D eigenvalue weighted by molar-refractivity contribution is 0.218. The van der Waals surface area contributed by atoms with Gasteiger partial charge in [0.05, 0.1) is 6.61 Å². The Bertz CT molecular complexity index is 261. The predicted molar refractivity (Wildman–Crippen MR) is 57.7 cm³/mol.